The minimum Gasteiger partial charge on any atom is -0.340 e. The first kappa shape index (κ1) is 17.1. The van der Waals surface area contributed by atoms with Gasteiger partial charge in [-0.05, 0) is 24.3 Å². The molecule has 3 rings (SSSR count). The van der Waals surface area contributed by atoms with Crippen LogP contribution in [0.2, 0.25) is 0 Å². The second kappa shape index (κ2) is 8.39. The Kier molecular flexibility index (Phi) is 5.74. The Labute approximate surface area is 154 Å². The number of aromatic nitrogens is 2. The average molecular weight is 397 g/mol. The van der Waals surface area contributed by atoms with Crippen molar-refractivity contribution in [3.05, 3.63) is 67.0 Å². The number of nitrogens with one attached hydrogen (secondary N) is 2. The van der Waals surface area contributed by atoms with E-state index < -0.39 is 0 Å². The van der Waals surface area contributed by atoms with Gasteiger partial charge in [-0.3, -0.25) is 4.79 Å². The Hall–Kier alpha value is -2.73. The Bertz CT molecular complexity index is 838. The van der Waals surface area contributed by atoms with Gasteiger partial charge in [-0.25, -0.2) is 9.97 Å². The van der Waals surface area contributed by atoms with E-state index in [2.05, 4.69) is 36.5 Å². The molecule has 6 heteroatoms. The fraction of sp³-hybridized carbons (Fsp3) is 0.105. The van der Waals surface area contributed by atoms with Gasteiger partial charge in [0.1, 0.15) is 12.1 Å². The van der Waals surface area contributed by atoms with Gasteiger partial charge in [-0.15, -0.1) is 0 Å². The molecule has 0 saturated carbocycles. The van der Waals surface area contributed by atoms with Crippen molar-refractivity contribution in [2.45, 2.75) is 6.42 Å². The smallest absolute Gasteiger partial charge is 0.225 e. The van der Waals surface area contributed by atoms with Gasteiger partial charge in [0.25, 0.3) is 0 Å². The number of nitrogens with zero attached hydrogens (tertiary/aromatic N) is 2. The molecule has 0 radical (unpaired) electrons. The lowest BCUT2D eigenvalue weighted by Gasteiger charge is -2.09. The largest absolute Gasteiger partial charge is 0.340 e. The molecule has 1 heterocycles. The van der Waals surface area contributed by atoms with E-state index >= 15 is 0 Å². The third-order valence-electron chi connectivity index (χ3n) is 3.50. The Morgan fingerprint density at radius 2 is 1.68 bits per heavy atom. The van der Waals surface area contributed by atoms with Crippen molar-refractivity contribution in [2.24, 2.45) is 0 Å². The van der Waals surface area contributed by atoms with Crippen molar-refractivity contribution in [2.75, 3.05) is 16.0 Å². The summed E-state index contributed by atoms with van der Waals surface area (Å²) < 4.78 is 0. The zero-order valence-corrected chi connectivity index (χ0v) is 15.0. The molecule has 2 aromatic carbocycles. The molecule has 5 nitrogen and oxygen atoms in total. The van der Waals surface area contributed by atoms with Crippen LogP contribution in [0.4, 0.5) is 17.2 Å². The first-order chi connectivity index (χ1) is 12.2. The second-order valence-corrected chi connectivity index (χ2v) is 6.14. The molecule has 2 N–H and O–H groups in total. The molecular formula is C19H17BrN4O. The minimum absolute atomic E-state index is 0.0131. The molecule has 0 aliphatic carbocycles. The van der Waals surface area contributed by atoms with Gasteiger partial charge < -0.3 is 10.6 Å². The van der Waals surface area contributed by atoms with Crippen LogP contribution in [0.5, 0.6) is 0 Å². The first-order valence-electron chi connectivity index (χ1n) is 7.85. The molecule has 0 aliphatic heterocycles. The van der Waals surface area contributed by atoms with Crippen LogP contribution < -0.4 is 10.6 Å². The zero-order valence-electron chi connectivity index (χ0n) is 13.4. The molecule has 1 aromatic heterocycles. The highest BCUT2D eigenvalue weighted by Crippen LogP contribution is 2.21. The van der Waals surface area contributed by atoms with Crippen LogP contribution in [-0.2, 0) is 4.79 Å². The highest BCUT2D eigenvalue weighted by Gasteiger charge is 2.04. The number of alkyl halides is 1. The van der Waals surface area contributed by atoms with Gasteiger partial charge >= 0.3 is 0 Å². The van der Waals surface area contributed by atoms with Crippen molar-refractivity contribution < 1.29 is 4.79 Å². The molecule has 3 aromatic rings. The summed E-state index contributed by atoms with van der Waals surface area (Å²) in [6.07, 6.45) is 1.99. The summed E-state index contributed by atoms with van der Waals surface area (Å²) in [5, 5.41) is 6.74. The van der Waals surface area contributed by atoms with Gasteiger partial charge in [0, 0.05) is 34.8 Å². The van der Waals surface area contributed by atoms with E-state index in [1.54, 1.807) is 6.33 Å². The van der Waals surface area contributed by atoms with Gasteiger partial charge in [-0.2, -0.15) is 0 Å². The summed E-state index contributed by atoms with van der Waals surface area (Å²) in [6, 6.07) is 19.4. The summed E-state index contributed by atoms with van der Waals surface area (Å²) in [4.78, 5) is 20.2. The predicted octanol–water partition coefficient (Wildman–Crippen LogP) is 4.61. The van der Waals surface area contributed by atoms with Crippen molar-refractivity contribution in [1.29, 1.82) is 0 Å². The van der Waals surface area contributed by atoms with Gasteiger partial charge in [0.2, 0.25) is 5.91 Å². The molecule has 25 heavy (non-hydrogen) atoms. The van der Waals surface area contributed by atoms with Crippen LogP contribution in [0.15, 0.2) is 67.0 Å². The lowest BCUT2D eigenvalue weighted by molar-refractivity contribution is -0.115. The third-order valence-corrected chi connectivity index (χ3v) is 3.90. The van der Waals surface area contributed by atoms with E-state index in [9.17, 15) is 4.79 Å². The lowest BCUT2D eigenvalue weighted by Crippen LogP contribution is -2.11. The first-order valence-corrected chi connectivity index (χ1v) is 8.97. The molecule has 126 valence electrons. The number of hydrogen-bond donors (Lipinski definition) is 2. The number of carbonyl (C=O) groups excluding carboxylic acids is 1. The van der Waals surface area contributed by atoms with Crippen LogP contribution >= 0.6 is 15.9 Å². The highest BCUT2D eigenvalue weighted by molar-refractivity contribution is 9.09. The fourth-order valence-electron chi connectivity index (χ4n) is 2.29. The van der Waals surface area contributed by atoms with E-state index in [1.807, 2.05) is 60.7 Å². The minimum atomic E-state index is -0.0131. The molecular weight excluding hydrogens is 380 g/mol. The molecule has 1 amide bonds. The van der Waals surface area contributed by atoms with Crippen molar-refractivity contribution in [3.63, 3.8) is 0 Å². The summed E-state index contributed by atoms with van der Waals surface area (Å²) in [5.41, 5.74) is 3.55. The van der Waals surface area contributed by atoms with Crippen LogP contribution in [0.3, 0.4) is 0 Å². The van der Waals surface area contributed by atoms with E-state index in [0.29, 0.717) is 17.6 Å². The Morgan fingerprint density at radius 3 is 2.40 bits per heavy atom. The lowest BCUT2D eigenvalue weighted by atomic mass is 10.1. The summed E-state index contributed by atoms with van der Waals surface area (Å²) in [6.45, 7) is 0. The Morgan fingerprint density at radius 1 is 0.960 bits per heavy atom. The van der Waals surface area contributed by atoms with Crippen LogP contribution in [-0.4, -0.2) is 21.2 Å². The van der Waals surface area contributed by atoms with Crippen molar-refractivity contribution in [3.8, 4) is 11.3 Å². The normalized spacial score (nSPS) is 10.3. The number of rotatable bonds is 6. The summed E-state index contributed by atoms with van der Waals surface area (Å²) >= 11 is 3.25. The number of anilines is 3. The van der Waals surface area contributed by atoms with Crippen LogP contribution in [0.25, 0.3) is 11.3 Å². The van der Waals surface area contributed by atoms with Gasteiger partial charge in [0.15, 0.2) is 0 Å². The molecule has 0 spiro atoms. The maximum atomic E-state index is 11.6. The quantitative estimate of drug-likeness (QED) is 0.596. The van der Waals surface area contributed by atoms with E-state index in [1.165, 1.54) is 0 Å². The maximum Gasteiger partial charge on any atom is 0.225 e. The predicted molar refractivity (Wildman–Crippen MR) is 104 cm³/mol. The Balaban J connectivity index is 1.69. The number of halogens is 1. The summed E-state index contributed by atoms with van der Waals surface area (Å²) in [7, 11) is 0. The van der Waals surface area contributed by atoms with Crippen molar-refractivity contribution >= 4 is 39.0 Å². The zero-order chi connectivity index (χ0) is 17.5. The monoisotopic (exact) mass is 396 g/mol. The van der Waals surface area contributed by atoms with E-state index in [0.717, 1.165) is 22.6 Å². The van der Waals surface area contributed by atoms with E-state index in [4.69, 9.17) is 0 Å². The summed E-state index contributed by atoms with van der Waals surface area (Å²) in [5.74, 6) is 0.700. The highest BCUT2D eigenvalue weighted by atomic mass is 79.9. The third kappa shape index (κ3) is 4.87. The molecule has 0 aliphatic rings. The number of carbonyl (C=O) groups is 1. The topological polar surface area (TPSA) is 66.9 Å². The van der Waals surface area contributed by atoms with Crippen LogP contribution in [0, 0.1) is 0 Å². The molecule has 0 atom stereocenters. The number of amides is 1. The molecule has 0 fully saturated rings. The SMILES string of the molecule is O=C(CCBr)Nc1ccc(Nc2cc(-c3ccccc3)ncn2)cc1. The average Bonchev–Trinajstić information content (AvgIpc) is 2.65. The number of hydrogen-bond acceptors (Lipinski definition) is 4. The second-order valence-electron chi connectivity index (χ2n) is 5.34. The van der Waals surface area contributed by atoms with Crippen molar-refractivity contribution in [1.82, 2.24) is 9.97 Å². The molecule has 0 unspecified atom stereocenters. The molecule has 0 saturated heterocycles. The van der Waals surface area contributed by atoms with Crippen LogP contribution in [0.1, 0.15) is 6.42 Å². The van der Waals surface area contributed by atoms with Gasteiger partial charge in [0.05, 0.1) is 5.69 Å². The fourth-order valence-corrected chi connectivity index (χ4v) is 2.65. The van der Waals surface area contributed by atoms with E-state index in [-0.39, 0.29) is 5.91 Å². The number of benzene rings is 2. The molecule has 0 bridgehead atoms. The maximum absolute atomic E-state index is 11.6. The van der Waals surface area contributed by atoms with Gasteiger partial charge in [-0.1, -0.05) is 46.3 Å². The standard InChI is InChI=1S/C19H17BrN4O/c20-11-10-19(25)24-16-8-6-15(7-9-16)23-18-12-17(21-13-22-18)14-4-2-1-3-5-14/h1-9,12-13H,10-11H2,(H,24,25)(H,21,22,23).